The van der Waals surface area contributed by atoms with E-state index in [0.29, 0.717) is 12.8 Å². The monoisotopic (exact) mass is 276 g/mol. The summed E-state index contributed by atoms with van der Waals surface area (Å²) in [5.41, 5.74) is 0.804. The molecule has 0 heterocycles. The number of phenolic OH excluding ortho intramolecular Hbond substituents is 2. The second-order valence-corrected chi connectivity index (χ2v) is 5.10. The second kappa shape index (κ2) is 6.75. The Morgan fingerprint density at radius 2 is 1.94 bits per heavy atom. The molecule has 102 valence electrons. The van der Waals surface area contributed by atoms with Crippen molar-refractivity contribution < 1.29 is 28.7 Å². The van der Waals surface area contributed by atoms with Crippen LogP contribution in [-0.2, 0) is 20.0 Å². The van der Waals surface area contributed by atoms with Gasteiger partial charge in [0.05, 0.1) is 13.2 Å². The van der Waals surface area contributed by atoms with Crippen LogP contribution in [0.2, 0.25) is 0 Å². The molecule has 1 unspecified atom stereocenters. The standard InChI is InChI=1S/C11H17O6P/c1-2-16-18(14,15)17-7-3-4-9-5-6-10(12)11(13)8-9/h5-6,8,12-13H,2-4,7H2,1H3,(H,14,15). The molecular formula is C11H17O6P. The first-order valence-electron chi connectivity index (χ1n) is 5.57. The number of phosphoric acid groups is 1. The lowest BCUT2D eigenvalue weighted by atomic mass is 10.1. The van der Waals surface area contributed by atoms with E-state index in [1.54, 1.807) is 13.0 Å². The molecule has 0 bridgehead atoms. The molecule has 0 saturated heterocycles. The third-order valence-electron chi connectivity index (χ3n) is 2.20. The molecule has 1 aromatic rings. The van der Waals surface area contributed by atoms with Gasteiger partial charge >= 0.3 is 7.82 Å². The molecule has 1 rings (SSSR count). The molecule has 1 aromatic carbocycles. The van der Waals surface area contributed by atoms with Crippen LogP contribution in [0.15, 0.2) is 18.2 Å². The summed E-state index contributed by atoms with van der Waals surface area (Å²) in [4.78, 5) is 9.13. The van der Waals surface area contributed by atoms with Crippen LogP contribution in [0.5, 0.6) is 11.5 Å². The first kappa shape index (κ1) is 15.0. The molecule has 7 heteroatoms. The molecule has 6 nitrogen and oxygen atoms in total. The molecule has 0 spiro atoms. The molecule has 0 aliphatic rings. The van der Waals surface area contributed by atoms with Gasteiger partial charge in [0, 0.05) is 0 Å². The van der Waals surface area contributed by atoms with Gasteiger partial charge in [-0.3, -0.25) is 9.05 Å². The molecule has 0 saturated carbocycles. The molecule has 3 N–H and O–H groups in total. The van der Waals surface area contributed by atoms with Crippen LogP contribution in [0, 0.1) is 0 Å². The molecule has 0 radical (unpaired) electrons. The Balaban J connectivity index is 2.34. The summed E-state index contributed by atoms with van der Waals surface area (Å²) in [7, 11) is -3.92. The Labute approximate surface area is 105 Å². The van der Waals surface area contributed by atoms with Crippen molar-refractivity contribution in [3.8, 4) is 11.5 Å². The third kappa shape index (κ3) is 5.06. The highest BCUT2D eigenvalue weighted by molar-refractivity contribution is 7.47. The fourth-order valence-electron chi connectivity index (χ4n) is 1.38. The number of phenols is 2. The van der Waals surface area contributed by atoms with Gasteiger partial charge in [0.15, 0.2) is 11.5 Å². The third-order valence-corrected chi connectivity index (χ3v) is 3.29. The van der Waals surface area contributed by atoms with E-state index >= 15 is 0 Å². The van der Waals surface area contributed by atoms with E-state index < -0.39 is 7.82 Å². The average Bonchev–Trinajstić information content (AvgIpc) is 2.29. The van der Waals surface area contributed by atoms with E-state index in [2.05, 4.69) is 4.52 Å². The predicted molar refractivity (Wildman–Crippen MR) is 65.5 cm³/mol. The lowest BCUT2D eigenvalue weighted by Gasteiger charge is -2.10. The molecule has 0 aliphatic carbocycles. The molecule has 0 aromatic heterocycles. The maximum Gasteiger partial charge on any atom is 0.472 e. The van der Waals surface area contributed by atoms with Crippen LogP contribution in [0.25, 0.3) is 0 Å². The Hall–Kier alpha value is -1.07. The summed E-state index contributed by atoms with van der Waals surface area (Å²) in [5, 5.41) is 18.4. The van der Waals surface area contributed by atoms with E-state index in [0.717, 1.165) is 5.56 Å². The van der Waals surface area contributed by atoms with Crippen LogP contribution >= 0.6 is 7.82 Å². The van der Waals surface area contributed by atoms with Crippen molar-refractivity contribution in [2.75, 3.05) is 13.2 Å². The number of rotatable bonds is 7. The smallest absolute Gasteiger partial charge is 0.472 e. The fourth-order valence-corrected chi connectivity index (χ4v) is 2.14. The van der Waals surface area contributed by atoms with E-state index in [4.69, 9.17) is 14.5 Å². The number of aryl methyl sites for hydroxylation is 1. The van der Waals surface area contributed by atoms with E-state index in [1.165, 1.54) is 12.1 Å². The highest BCUT2D eigenvalue weighted by Crippen LogP contribution is 2.42. The van der Waals surface area contributed by atoms with Crippen molar-refractivity contribution in [3.05, 3.63) is 23.8 Å². The predicted octanol–water partition coefficient (Wildman–Crippen LogP) is 2.18. The van der Waals surface area contributed by atoms with Gasteiger partial charge in [-0.05, 0) is 37.5 Å². The average molecular weight is 276 g/mol. The molecule has 0 aliphatic heterocycles. The zero-order valence-corrected chi connectivity index (χ0v) is 11.0. The lowest BCUT2D eigenvalue weighted by molar-refractivity contribution is 0.154. The van der Waals surface area contributed by atoms with Gasteiger partial charge < -0.3 is 15.1 Å². The van der Waals surface area contributed by atoms with E-state index in [1.807, 2.05) is 0 Å². The number of hydrogen-bond donors (Lipinski definition) is 3. The SMILES string of the molecule is CCOP(=O)(O)OCCCc1ccc(O)c(O)c1. The highest BCUT2D eigenvalue weighted by atomic mass is 31.2. The van der Waals surface area contributed by atoms with Gasteiger partial charge in [0.1, 0.15) is 0 Å². The van der Waals surface area contributed by atoms with E-state index in [-0.39, 0.29) is 24.7 Å². The minimum absolute atomic E-state index is 0.0788. The van der Waals surface area contributed by atoms with Crippen molar-refractivity contribution in [3.63, 3.8) is 0 Å². The van der Waals surface area contributed by atoms with Gasteiger partial charge in [-0.25, -0.2) is 4.57 Å². The summed E-state index contributed by atoms with van der Waals surface area (Å²) in [6.45, 7) is 1.79. The Bertz CT molecular complexity index is 434. The van der Waals surface area contributed by atoms with Crippen molar-refractivity contribution in [1.29, 1.82) is 0 Å². The molecular weight excluding hydrogens is 259 g/mol. The van der Waals surface area contributed by atoms with Gasteiger partial charge in [-0.1, -0.05) is 6.07 Å². The molecule has 18 heavy (non-hydrogen) atoms. The maximum atomic E-state index is 11.2. The van der Waals surface area contributed by atoms with Crippen molar-refractivity contribution in [1.82, 2.24) is 0 Å². The van der Waals surface area contributed by atoms with Crippen molar-refractivity contribution >= 4 is 7.82 Å². The zero-order chi connectivity index (χ0) is 13.6. The first-order valence-corrected chi connectivity index (χ1v) is 7.07. The molecule has 1 atom stereocenters. The van der Waals surface area contributed by atoms with Crippen LogP contribution in [0.1, 0.15) is 18.9 Å². The lowest BCUT2D eigenvalue weighted by Crippen LogP contribution is -1.98. The Morgan fingerprint density at radius 1 is 1.22 bits per heavy atom. The van der Waals surface area contributed by atoms with Gasteiger partial charge in [0.25, 0.3) is 0 Å². The number of aromatic hydroxyl groups is 2. The number of phosphoric ester groups is 1. The second-order valence-electron chi connectivity index (χ2n) is 3.65. The molecule has 0 fully saturated rings. The van der Waals surface area contributed by atoms with Gasteiger partial charge in [-0.15, -0.1) is 0 Å². The summed E-state index contributed by atoms with van der Waals surface area (Å²) in [5.74, 6) is -0.359. The summed E-state index contributed by atoms with van der Waals surface area (Å²) in [6.07, 6.45) is 1.06. The maximum absolute atomic E-state index is 11.2. The van der Waals surface area contributed by atoms with E-state index in [9.17, 15) is 9.67 Å². The van der Waals surface area contributed by atoms with Crippen LogP contribution < -0.4 is 0 Å². The van der Waals surface area contributed by atoms with Crippen LogP contribution in [0.3, 0.4) is 0 Å². The van der Waals surface area contributed by atoms with Crippen molar-refractivity contribution in [2.24, 2.45) is 0 Å². The highest BCUT2D eigenvalue weighted by Gasteiger charge is 2.18. The largest absolute Gasteiger partial charge is 0.504 e. The first-order chi connectivity index (χ1) is 8.44. The minimum Gasteiger partial charge on any atom is -0.504 e. The zero-order valence-electron chi connectivity index (χ0n) is 10.1. The van der Waals surface area contributed by atoms with Gasteiger partial charge in [0.2, 0.25) is 0 Å². The van der Waals surface area contributed by atoms with Crippen molar-refractivity contribution in [2.45, 2.75) is 19.8 Å². The fraction of sp³-hybridized carbons (Fsp3) is 0.455. The Kier molecular flexibility index (Phi) is 5.62. The quantitative estimate of drug-likeness (QED) is 0.401. The summed E-state index contributed by atoms with van der Waals surface area (Å²) < 4.78 is 20.4. The van der Waals surface area contributed by atoms with Gasteiger partial charge in [-0.2, -0.15) is 0 Å². The number of benzene rings is 1. The Morgan fingerprint density at radius 3 is 2.56 bits per heavy atom. The van der Waals surface area contributed by atoms with Crippen LogP contribution in [-0.4, -0.2) is 28.3 Å². The van der Waals surface area contributed by atoms with Crippen LogP contribution in [0.4, 0.5) is 0 Å². The molecule has 0 amide bonds. The summed E-state index contributed by atoms with van der Waals surface area (Å²) in [6, 6.07) is 4.50. The summed E-state index contributed by atoms with van der Waals surface area (Å²) >= 11 is 0. The number of hydrogen-bond acceptors (Lipinski definition) is 5. The minimum atomic E-state index is -3.92. The normalized spacial score (nSPS) is 14.3. The topological polar surface area (TPSA) is 96.2 Å².